The molecule has 0 radical (unpaired) electrons. The van der Waals surface area contributed by atoms with E-state index in [1.165, 1.54) is 18.2 Å². The molecule has 28 heavy (non-hydrogen) atoms. The van der Waals surface area contributed by atoms with Crippen molar-refractivity contribution in [1.82, 2.24) is 9.38 Å². The summed E-state index contributed by atoms with van der Waals surface area (Å²) in [5, 5.41) is 21.8. The first kappa shape index (κ1) is 17.3. The van der Waals surface area contributed by atoms with Crippen LogP contribution in [0.2, 0.25) is 0 Å². The van der Waals surface area contributed by atoms with E-state index in [1.54, 1.807) is 0 Å². The van der Waals surface area contributed by atoms with Gasteiger partial charge < -0.3 is 15.5 Å². The Morgan fingerprint density at radius 1 is 0.857 bits per heavy atom. The number of rotatable bonds is 5. The zero-order valence-electron chi connectivity index (χ0n) is 14.5. The minimum absolute atomic E-state index is 0.264. The maximum atomic E-state index is 11.5. The summed E-state index contributed by atoms with van der Waals surface area (Å²) >= 11 is 0. The summed E-state index contributed by atoms with van der Waals surface area (Å²) in [5.74, 6) is -1.94. The average Bonchev–Trinajstić information content (AvgIpc) is 3.07. The number of anilines is 2. The van der Waals surface area contributed by atoms with Gasteiger partial charge in [0.25, 0.3) is 0 Å². The molecule has 2 heterocycles. The van der Waals surface area contributed by atoms with E-state index in [0.29, 0.717) is 17.2 Å². The van der Waals surface area contributed by atoms with E-state index in [0.717, 1.165) is 11.2 Å². The maximum Gasteiger partial charge on any atom is 0.336 e. The highest BCUT2D eigenvalue weighted by atomic mass is 16.4. The maximum absolute atomic E-state index is 11.5. The van der Waals surface area contributed by atoms with Gasteiger partial charge in [-0.3, -0.25) is 4.40 Å². The molecular formula is C21H15N3O4. The van der Waals surface area contributed by atoms with Crippen molar-refractivity contribution in [1.29, 1.82) is 0 Å². The standard InChI is InChI=1S/C21H15N3O4/c25-20(26)15-10-9-14(12-16(15)21(27)28)22-19-18(13-6-2-1-3-7-13)23-17-8-4-5-11-24(17)19/h1-12,22H,(H,25,26)(H,27,28). The monoisotopic (exact) mass is 373 g/mol. The third-order valence-electron chi connectivity index (χ3n) is 4.32. The summed E-state index contributed by atoms with van der Waals surface area (Å²) in [6, 6.07) is 19.3. The Morgan fingerprint density at radius 3 is 2.29 bits per heavy atom. The fourth-order valence-electron chi connectivity index (χ4n) is 3.03. The summed E-state index contributed by atoms with van der Waals surface area (Å²) in [5.41, 5.74) is 2.22. The van der Waals surface area contributed by atoms with E-state index in [1.807, 2.05) is 59.1 Å². The number of carbonyl (C=O) groups is 2. The van der Waals surface area contributed by atoms with Crippen molar-refractivity contribution in [2.75, 3.05) is 5.32 Å². The molecule has 2 aromatic carbocycles. The SMILES string of the molecule is O=C(O)c1ccc(Nc2c(-c3ccccc3)nc3ccccn23)cc1C(=O)O. The Hall–Kier alpha value is -4.13. The minimum atomic E-state index is -1.30. The number of benzene rings is 2. The van der Waals surface area contributed by atoms with Crippen molar-refractivity contribution in [3.05, 3.63) is 84.1 Å². The molecule has 0 atom stereocenters. The Kier molecular flexibility index (Phi) is 4.25. The van der Waals surface area contributed by atoms with Crippen LogP contribution in [0, 0.1) is 0 Å². The summed E-state index contributed by atoms with van der Waals surface area (Å²) in [6.07, 6.45) is 1.85. The van der Waals surface area contributed by atoms with Crippen LogP contribution in [0.25, 0.3) is 16.9 Å². The Labute approximate surface area is 159 Å². The highest BCUT2D eigenvalue weighted by Crippen LogP contribution is 2.31. The van der Waals surface area contributed by atoms with Crippen LogP contribution in [-0.2, 0) is 0 Å². The normalized spacial score (nSPS) is 10.7. The van der Waals surface area contributed by atoms with Crippen molar-refractivity contribution >= 4 is 29.1 Å². The van der Waals surface area contributed by atoms with Crippen LogP contribution in [0.3, 0.4) is 0 Å². The molecule has 4 rings (SSSR count). The first-order chi connectivity index (χ1) is 13.5. The lowest BCUT2D eigenvalue weighted by molar-refractivity contribution is 0.0651. The highest BCUT2D eigenvalue weighted by Gasteiger charge is 2.18. The molecular weight excluding hydrogens is 358 g/mol. The number of nitrogens with one attached hydrogen (secondary N) is 1. The average molecular weight is 373 g/mol. The highest BCUT2D eigenvalue weighted by molar-refractivity contribution is 6.02. The number of aromatic nitrogens is 2. The lowest BCUT2D eigenvalue weighted by Crippen LogP contribution is -2.09. The van der Waals surface area contributed by atoms with Gasteiger partial charge in [-0.25, -0.2) is 14.6 Å². The summed E-state index contributed by atoms with van der Waals surface area (Å²) < 4.78 is 1.86. The van der Waals surface area contributed by atoms with Crippen molar-refractivity contribution in [2.24, 2.45) is 0 Å². The van der Waals surface area contributed by atoms with Crippen molar-refractivity contribution < 1.29 is 19.8 Å². The second-order valence-electron chi connectivity index (χ2n) is 6.10. The first-order valence-electron chi connectivity index (χ1n) is 8.45. The second-order valence-corrected chi connectivity index (χ2v) is 6.10. The molecule has 4 aromatic rings. The van der Waals surface area contributed by atoms with E-state index >= 15 is 0 Å². The van der Waals surface area contributed by atoms with Crippen LogP contribution in [0.1, 0.15) is 20.7 Å². The topological polar surface area (TPSA) is 104 Å². The quantitative estimate of drug-likeness (QED) is 0.486. The van der Waals surface area contributed by atoms with Gasteiger partial charge >= 0.3 is 11.9 Å². The molecule has 7 heteroatoms. The van der Waals surface area contributed by atoms with Gasteiger partial charge in [-0.15, -0.1) is 0 Å². The molecule has 0 aliphatic carbocycles. The number of aromatic carboxylic acids is 2. The summed E-state index contributed by atoms with van der Waals surface area (Å²) in [4.78, 5) is 27.4. The van der Waals surface area contributed by atoms with E-state index < -0.39 is 11.9 Å². The van der Waals surface area contributed by atoms with Crippen LogP contribution in [0.4, 0.5) is 11.5 Å². The molecule has 0 spiro atoms. The molecule has 0 saturated carbocycles. The first-order valence-corrected chi connectivity index (χ1v) is 8.45. The Balaban J connectivity index is 1.85. The molecule has 7 nitrogen and oxygen atoms in total. The van der Waals surface area contributed by atoms with E-state index in [2.05, 4.69) is 10.3 Å². The summed E-state index contributed by atoms with van der Waals surface area (Å²) in [6.45, 7) is 0. The number of hydrogen-bond acceptors (Lipinski definition) is 4. The fraction of sp³-hybridized carbons (Fsp3) is 0. The van der Waals surface area contributed by atoms with Crippen molar-refractivity contribution in [3.8, 4) is 11.3 Å². The molecule has 2 aromatic heterocycles. The van der Waals surface area contributed by atoms with E-state index in [9.17, 15) is 19.8 Å². The molecule has 3 N–H and O–H groups in total. The summed E-state index contributed by atoms with van der Waals surface area (Å²) in [7, 11) is 0. The zero-order valence-corrected chi connectivity index (χ0v) is 14.5. The predicted molar refractivity (Wildman–Crippen MR) is 104 cm³/mol. The second kappa shape index (κ2) is 6.88. The molecule has 0 saturated heterocycles. The molecule has 138 valence electrons. The van der Waals surface area contributed by atoms with Gasteiger partial charge in [0.05, 0.1) is 11.1 Å². The minimum Gasteiger partial charge on any atom is -0.478 e. The molecule has 0 unspecified atom stereocenters. The van der Waals surface area contributed by atoms with E-state index in [4.69, 9.17) is 0 Å². The van der Waals surface area contributed by atoms with Gasteiger partial charge in [-0.05, 0) is 30.3 Å². The van der Waals surface area contributed by atoms with Crippen LogP contribution >= 0.6 is 0 Å². The third-order valence-corrected chi connectivity index (χ3v) is 4.32. The van der Waals surface area contributed by atoms with Crippen LogP contribution < -0.4 is 5.32 Å². The largest absolute Gasteiger partial charge is 0.478 e. The predicted octanol–water partition coefficient (Wildman–Crippen LogP) is 4.14. The molecule has 0 fully saturated rings. The number of carboxylic acid groups (broad SMARTS) is 2. The molecule has 0 aliphatic heterocycles. The van der Waals surface area contributed by atoms with Crippen LogP contribution in [0.5, 0.6) is 0 Å². The van der Waals surface area contributed by atoms with Crippen molar-refractivity contribution in [2.45, 2.75) is 0 Å². The lowest BCUT2D eigenvalue weighted by Gasteiger charge is -2.11. The third kappa shape index (κ3) is 3.05. The molecule has 0 bridgehead atoms. The van der Waals surface area contributed by atoms with Gasteiger partial charge in [0.1, 0.15) is 17.2 Å². The zero-order chi connectivity index (χ0) is 19.7. The number of fused-ring (bicyclic) bond motifs is 1. The Bertz CT molecular complexity index is 1200. The van der Waals surface area contributed by atoms with Gasteiger partial charge in [0.15, 0.2) is 0 Å². The number of hydrogen-bond donors (Lipinski definition) is 3. The van der Waals surface area contributed by atoms with E-state index in [-0.39, 0.29) is 11.1 Å². The van der Waals surface area contributed by atoms with Gasteiger partial charge in [0.2, 0.25) is 0 Å². The number of imidazole rings is 1. The number of carboxylic acids is 2. The van der Waals surface area contributed by atoms with Gasteiger partial charge in [0, 0.05) is 17.4 Å². The number of pyridine rings is 1. The lowest BCUT2D eigenvalue weighted by atomic mass is 10.1. The Morgan fingerprint density at radius 2 is 1.57 bits per heavy atom. The molecule has 0 aliphatic rings. The molecule has 0 amide bonds. The fourth-order valence-corrected chi connectivity index (χ4v) is 3.03. The number of nitrogens with zero attached hydrogens (tertiary/aromatic N) is 2. The van der Waals surface area contributed by atoms with Crippen LogP contribution in [0.15, 0.2) is 72.9 Å². The van der Waals surface area contributed by atoms with Gasteiger partial charge in [-0.1, -0.05) is 36.4 Å². The van der Waals surface area contributed by atoms with Crippen LogP contribution in [-0.4, -0.2) is 31.5 Å². The van der Waals surface area contributed by atoms with Gasteiger partial charge in [-0.2, -0.15) is 0 Å². The van der Waals surface area contributed by atoms with Crippen molar-refractivity contribution in [3.63, 3.8) is 0 Å². The smallest absolute Gasteiger partial charge is 0.336 e.